The minimum Gasteiger partial charge on any atom is -0.497 e. The van der Waals surface area contributed by atoms with E-state index in [1.54, 1.807) is 25.3 Å². The van der Waals surface area contributed by atoms with Gasteiger partial charge in [-0.1, -0.05) is 0 Å². The lowest BCUT2D eigenvalue weighted by Gasteiger charge is -2.05. The first-order valence-electron chi connectivity index (χ1n) is 4.74. The third-order valence-corrected chi connectivity index (χ3v) is 4.41. The summed E-state index contributed by atoms with van der Waals surface area (Å²) < 4.78 is 6.78. The molecule has 1 heterocycles. The molecule has 1 aromatic carbocycles. The molecule has 0 radical (unpaired) electrons. The minimum absolute atomic E-state index is 0.00137. The molecule has 0 fully saturated rings. The molecule has 0 unspecified atom stereocenters. The van der Waals surface area contributed by atoms with E-state index in [-0.39, 0.29) is 5.78 Å². The molecule has 0 amide bonds. The van der Waals surface area contributed by atoms with Crippen molar-refractivity contribution >= 4 is 49.0 Å². The summed E-state index contributed by atoms with van der Waals surface area (Å²) in [5, 5.41) is 1.84. The Morgan fingerprint density at radius 2 is 2.06 bits per heavy atom. The summed E-state index contributed by atoms with van der Waals surface area (Å²) in [6, 6.07) is 7.15. The molecule has 1 aromatic heterocycles. The van der Waals surface area contributed by atoms with E-state index in [2.05, 4.69) is 31.9 Å². The molecule has 0 aliphatic carbocycles. The van der Waals surface area contributed by atoms with Gasteiger partial charge in [-0.25, -0.2) is 0 Å². The highest BCUT2D eigenvalue weighted by molar-refractivity contribution is 9.11. The largest absolute Gasteiger partial charge is 0.497 e. The van der Waals surface area contributed by atoms with Crippen LogP contribution in [0, 0.1) is 0 Å². The van der Waals surface area contributed by atoms with Gasteiger partial charge in [0, 0.05) is 21.0 Å². The van der Waals surface area contributed by atoms with Crippen molar-refractivity contribution < 1.29 is 9.53 Å². The molecule has 0 saturated carbocycles. The minimum atomic E-state index is 0.00137. The summed E-state index contributed by atoms with van der Waals surface area (Å²) >= 11 is 8.23. The van der Waals surface area contributed by atoms with Crippen molar-refractivity contribution in [3.05, 3.63) is 49.0 Å². The monoisotopic (exact) mass is 374 g/mol. The Bertz CT molecular complexity index is 563. The van der Waals surface area contributed by atoms with Gasteiger partial charge in [0.1, 0.15) is 5.75 Å². The molecule has 0 spiro atoms. The van der Waals surface area contributed by atoms with Gasteiger partial charge in [0.2, 0.25) is 0 Å². The van der Waals surface area contributed by atoms with E-state index < -0.39 is 0 Å². The molecule has 0 bridgehead atoms. The molecule has 5 heteroatoms. The van der Waals surface area contributed by atoms with Crippen molar-refractivity contribution in [2.75, 3.05) is 7.11 Å². The summed E-state index contributed by atoms with van der Waals surface area (Å²) in [5.41, 5.74) is 1.32. The van der Waals surface area contributed by atoms with Gasteiger partial charge in [-0.15, -0.1) is 11.3 Å². The normalized spacial score (nSPS) is 10.3. The molecule has 2 nitrogen and oxygen atoms in total. The summed E-state index contributed by atoms with van der Waals surface area (Å²) in [4.78, 5) is 12.2. The Labute approximate surface area is 120 Å². The van der Waals surface area contributed by atoms with Crippen LogP contribution in [-0.4, -0.2) is 12.9 Å². The second-order valence-electron chi connectivity index (χ2n) is 3.31. The van der Waals surface area contributed by atoms with Gasteiger partial charge in [-0.3, -0.25) is 4.79 Å². The molecule has 2 aromatic rings. The number of methoxy groups -OCH3 is 1. The Balaban J connectivity index is 2.37. The molecule has 2 rings (SSSR count). The van der Waals surface area contributed by atoms with Crippen LogP contribution in [-0.2, 0) is 0 Å². The van der Waals surface area contributed by atoms with Gasteiger partial charge in [0.05, 0.1) is 10.9 Å². The van der Waals surface area contributed by atoms with Crippen LogP contribution in [0.25, 0.3) is 0 Å². The lowest BCUT2D eigenvalue weighted by Crippen LogP contribution is -2.00. The number of halogens is 2. The van der Waals surface area contributed by atoms with E-state index in [4.69, 9.17) is 4.74 Å². The van der Waals surface area contributed by atoms with E-state index in [0.29, 0.717) is 11.1 Å². The maximum atomic E-state index is 12.2. The number of benzene rings is 1. The van der Waals surface area contributed by atoms with Gasteiger partial charge >= 0.3 is 0 Å². The number of rotatable bonds is 3. The SMILES string of the molecule is COc1ccc(C(=O)c2csc(Br)c2)c(Br)c1. The van der Waals surface area contributed by atoms with Crippen molar-refractivity contribution in [1.82, 2.24) is 0 Å². The number of carbonyl (C=O) groups excluding carboxylic acids is 1. The number of hydrogen-bond donors (Lipinski definition) is 0. The number of carbonyl (C=O) groups is 1. The van der Waals surface area contributed by atoms with E-state index in [1.165, 1.54) is 11.3 Å². The average molecular weight is 376 g/mol. The predicted molar refractivity (Wildman–Crippen MR) is 76.1 cm³/mol. The molecular formula is C12H8Br2O2S. The van der Waals surface area contributed by atoms with Crippen LogP contribution in [0.15, 0.2) is 37.9 Å². The second kappa shape index (κ2) is 5.33. The molecule has 88 valence electrons. The Morgan fingerprint density at radius 3 is 2.59 bits per heavy atom. The Hall–Kier alpha value is -0.650. The quantitative estimate of drug-likeness (QED) is 0.737. The molecule has 0 N–H and O–H groups in total. The molecule has 0 aliphatic rings. The summed E-state index contributed by atoms with van der Waals surface area (Å²) in [6.45, 7) is 0. The van der Waals surface area contributed by atoms with Gasteiger partial charge in [0.25, 0.3) is 0 Å². The van der Waals surface area contributed by atoms with Crippen LogP contribution in [0.1, 0.15) is 15.9 Å². The summed E-state index contributed by atoms with van der Waals surface area (Å²) in [6.07, 6.45) is 0. The predicted octanol–water partition coefficient (Wildman–Crippen LogP) is 4.51. The fraction of sp³-hybridized carbons (Fsp3) is 0.0833. The summed E-state index contributed by atoms with van der Waals surface area (Å²) in [5.74, 6) is 0.724. The Kier molecular flexibility index (Phi) is 4.01. The maximum absolute atomic E-state index is 12.2. The topological polar surface area (TPSA) is 26.3 Å². The average Bonchev–Trinajstić information content (AvgIpc) is 2.75. The fourth-order valence-corrected chi connectivity index (χ4v) is 3.07. The zero-order chi connectivity index (χ0) is 12.4. The lowest BCUT2D eigenvalue weighted by molar-refractivity contribution is 0.103. The molecule has 0 aliphatic heterocycles. The van der Waals surface area contributed by atoms with Gasteiger partial charge in [-0.2, -0.15) is 0 Å². The van der Waals surface area contributed by atoms with Gasteiger partial charge in [-0.05, 0) is 56.1 Å². The highest BCUT2D eigenvalue weighted by atomic mass is 79.9. The zero-order valence-corrected chi connectivity index (χ0v) is 12.9. The van der Waals surface area contributed by atoms with Crippen molar-refractivity contribution in [3.63, 3.8) is 0 Å². The zero-order valence-electron chi connectivity index (χ0n) is 8.87. The van der Waals surface area contributed by atoms with E-state index >= 15 is 0 Å². The first kappa shape index (κ1) is 12.8. The van der Waals surface area contributed by atoms with Crippen molar-refractivity contribution in [2.45, 2.75) is 0 Å². The highest BCUT2D eigenvalue weighted by Crippen LogP contribution is 2.28. The Morgan fingerprint density at radius 1 is 1.29 bits per heavy atom. The van der Waals surface area contributed by atoms with Crippen LogP contribution in [0.2, 0.25) is 0 Å². The van der Waals surface area contributed by atoms with Crippen LogP contribution in [0.3, 0.4) is 0 Å². The lowest BCUT2D eigenvalue weighted by atomic mass is 10.1. The van der Waals surface area contributed by atoms with E-state index in [9.17, 15) is 4.79 Å². The van der Waals surface area contributed by atoms with Crippen LogP contribution in [0.4, 0.5) is 0 Å². The van der Waals surface area contributed by atoms with Crippen molar-refractivity contribution in [3.8, 4) is 5.75 Å². The van der Waals surface area contributed by atoms with Crippen LogP contribution < -0.4 is 4.74 Å². The van der Waals surface area contributed by atoms with Crippen LogP contribution >= 0.6 is 43.2 Å². The van der Waals surface area contributed by atoms with Gasteiger partial charge < -0.3 is 4.74 Å². The molecular weight excluding hydrogens is 368 g/mol. The molecule has 0 saturated heterocycles. The van der Waals surface area contributed by atoms with E-state index in [0.717, 1.165) is 14.0 Å². The number of ether oxygens (including phenoxy) is 1. The highest BCUT2D eigenvalue weighted by Gasteiger charge is 2.14. The van der Waals surface area contributed by atoms with Gasteiger partial charge in [0.15, 0.2) is 5.78 Å². The smallest absolute Gasteiger partial charge is 0.195 e. The number of thiophene rings is 1. The second-order valence-corrected chi connectivity index (χ2v) is 6.46. The van der Waals surface area contributed by atoms with Crippen LogP contribution in [0.5, 0.6) is 5.75 Å². The third-order valence-electron chi connectivity index (χ3n) is 2.25. The number of hydrogen-bond acceptors (Lipinski definition) is 3. The maximum Gasteiger partial charge on any atom is 0.195 e. The third kappa shape index (κ3) is 2.78. The van der Waals surface area contributed by atoms with E-state index in [1.807, 2.05) is 11.4 Å². The first-order valence-corrected chi connectivity index (χ1v) is 7.20. The fourth-order valence-electron chi connectivity index (χ4n) is 1.39. The van der Waals surface area contributed by atoms with Crippen molar-refractivity contribution in [2.24, 2.45) is 0 Å². The number of ketones is 1. The van der Waals surface area contributed by atoms with Crippen molar-refractivity contribution in [1.29, 1.82) is 0 Å². The molecule has 0 atom stereocenters. The molecule has 17 heavy (non-hydrogen) atoms. The summed E-state index contributed by atoms with van der Waals surface area (Å²) in [7, 11) is 1.60. The first-order chi connectivity index (χ1) is 8.11. The standard InChI is InChI=1S/C12H8Br2O2S/c1-16-8-2-3-9(10(13)5-8)12(15)7-4-11(14)17-6-7/h2-6H,1H3.